The minimum Gasteiger partial charge on any atom is -0.298 e. The van der Waals surface area contributed by atoms with Crippen molar-refractivity contribution in [3.05, 3.63) is 60.2 Å². The third-order valence-corrected chi connectivity index (χ3v) is 7.92. The molecule has 0 N–H and O–H groups in total. The second-order valence-corrected chi connectivity index (χ2v) is 10.0. The molecule has 2 amide bonds. The molecule has 8 heteroatoms. The van der Waals surface area contributed by atoms with Crippen LogP contribution in [0.2, 0.25) is 0 Å². The number of anilines is 1. The van der Waals surface area contributed by atoms with Crippen LogP contribution in [0.25, 0.3) is 0 Å². The number of nitrogens with zero attached hydrogens (tertiary/aromatic N) is 3. The number of imide groups is 1. The summed E-state index contributed by atoms with van der Waals surface area (Å²) >= 11 is 0. The number of piperazine rings is 1. The van der Waals surface area contributed by atoms with Gasteiger partial charge < -0.3 is 0 Å². The molecule has 2 fully saturated rings. The smallest absolute Gasteiger partial charge is 0.243 e. The average Bonchev–Trinajstić information content (AvgIpc) is 3.11. The Bertz CT molecular complexity index is 1040. The Morgan fingerprint density at radius 2 is 1.55 bits per heavy atom. The summed E-state index contributed by atoms with van der Waals surface area (Å²) in [5.41, 5.74) is 1.70. The first kappa shape index (κ1) is 21.7. The molecule has 1 atom stereocenters. The van der Waals surface area contributed by atoms with Gasteiger partial charge in [-0.05, 0) is 43.2 Å². The zero-order valence-corrected chi connectivity index (χ0v) is 18.4. The number of rotatable bonds is 6. The van der Waals surface area contributed by atoms with Gasteiger partial charge in [0.05, 0.1) is 10.6 Å². The first-order valence-electron chi connectivity index (χ1n) is 10.6. The predicted octanol–water partition coefficient (Wildman–Crippen LogP) is 2.28. The first-order chi connectivity index (χ1) is 14.9. The van der Waals surface area contributed by atoms with Crippen molar-refractivity contribution in [2.24, 2.45) is 0 Å². The maximum absolute atomic E-state index is 13.1. The van der Waals surface area contributed by atoms with Gasteiger partial charge in [-0.3, -0.25) is 19.4 Å². The Morgan fingerprint density at radius 1 is 0.903 bits per heavy atom. The molecule has 0 bridgehead atoms. The van der Waals surface area contributed by atoms with Crippen LogP contribution >= 0.6 is 0 Å². The molecule has 2 heterocycles. The highest BCUT2D eigenvalue weighted by Crippen LogP contribution is 2.26. The van der Waals surface area contributed by atoms with E-state index in [1.165, 1.54) is 34.1 Å². The highest BCUT2D eigenvalue weighted by atomic mass is 32.2. The van der Waals surface area contributed by atoms with Crippen LogP contribution < -0.4 is 4.90 Å². The van der Waals surface area contributed by atoms with Crippen molar-refractivity contribution < 1.29 is 18.0 Å². The molecule has 31 heavy (non-hydrogen) atoms. The lowest BCUT2D eigenvalue weighted by Gasteiger charge is -2.39. The van der Waals surface area contributed by atoms with E-state index in [1.54, 1.807) is 0 Å². The molecule has 0 aliphatic carbocycles. The lowest BCUT2D eigenvalue weighted by atomic mass is 10.1. The van der Waals surface area contributed by atoms with Crippen LogP contribution in [-0.4, -0.2) is 61.7 Å². The third-order valence-electron chi connectivity index (χ3n) is 6.04. The van der Waals surface area contributed by atoms with Gasteiger partial charge in [0.25, 0.3) is 0 Å². The third kappa shape index (κ3) is 4.56. The Kier molecular flexibility index (Phi) is 6.22. The molecule has 0 radical (unpaired) electrons. The van der Waals surface area contributed by atoms with Crippen molar-refractivity contribution in [2.75, 3.05) is 31.1 Å². The van der Waals surface area contributed by atoms with Crippen LogP contribution in [0.3, 0.4) is 0 Å². The normalized spacial score (nSPS) is 21.1. The van der Waals surface area contributed by atoms with E-state index in [9.17, 15) is 18.0 Å². The van der Waals surface area contributed by atoms with Gasteiger partial charge in [0.2, 0.25) is 21.8 Å². The van der Waals surface area contributed by atoms with E-state index in [0.717, 1.165) is 17.9 Å². The number of carbonyl (C=O) groups excluding carboxylic acids is 2. The quantitative estimate of drug-likeness (QED) is 0.643. The predicted molar refractivity (Wildman–Crippen MR) is 118 cm³/mol. The number of hydrogen-bond donors (Lipinski definition) is 0. The van der Waals surface area contributed by atoms with Crippen molar-refractivity contribution in [3.63, 3.8) is 0 Å². The number of sulfonamides is 1. The first-order valence-corrected chi connectivity index (χ1v) is 12.0. The van der Waals surface area contributed by atoms with E-state index < -0.39 is 10.0 Å². The van der Waals surface area contributed by atoms with Crippen molar-refractivity contribution in [2.45, 2.75) is 37.1 Å². The van der Waals surface area contributed by atoms with Crippen molar-refractivity contribution in [1.82, 2.24) is 9.21 Å². The zero-order chi connectivity index (χ0) is 22.0. The molecule has 1 unspecified atom stereocenters. The van der Waals surface area contributed by atoms with E-state index in [-0.39, 0.29) is 35.6 Å². The lowest BCUT2D eigenvalue weighted by molar-refractivity contribution is -0.121. The van der Waals surface area contributed by atoms with Gasteiger partial charge in [0.15, 0.2) is 0 Å². The van der Waals surface area contributed by atoms with Crippen LogP contribution in [0.1, 0.15) is 25.3 Å². The van der Waals surface area contributed by atoms with Crippen LogP contribution in [-0.2, 0) is 26.0 Å². The lowest BCUT2D eigenvalue weighted by Crippen LogP contribution is -2.53. The SMILES string of the molecule is CC1CN(S(=O)(=O)c2ccc(N3C(=O)CCC3=O)cc2)CCN1CCc1ccccc1. The molecule has 2 saturated heterocycles. The number of hydrogen-bond acceptors (Lipinski definition) is 5. The van der Waals surface area contributed by atoms with Gasteiger partial charge in [-0.2, -0.15) is 4.31 Å². The van der Waals surface area contributed by atoms with E-state index >= 15 is 0 Å². The number of amides is 2. The van der Waals surface area contributed by atoms with Crippen molar-refractivity contribution in [1.29, 1.82) is 0 Å². The zero-order valence-electron chi connectivity index (χ0n) is 17.6. The molecule has 2 aliphatic rings. The Balaban J connectivity index is 1.40. The molecule has 0 aromatic heterocycles. The van der Waals surface area contributed by atoms with Gasteiger partial charge >= 0.3 is 0 Å². The summed E-state index contributed by atoms with van der Waals surface area (Å²) in [5.74, 6) is -0.498. The summed E-state index contributed by atoms with van der Waals surface area (Å²) in [6, 6.07) is 16.4. The number of carbonyl (C=O) groups is 2. The van der Waals surface area contributed by atoms with Crippen LogP contribution in [0, 0.1) is 0 Å². The van der Waals surface area contributed by atoms with E-state index in [2.05, 4.69) is 24.0 Å². The second-order valence-electron chi connectivity index (χ2n) is 8.10. The van der Waals surface area contributed by atoms with Gasteiger partial charge in [0.1, 0.15) is 0 Å². The van der Waals surface area contributed by atoms with Crippen LogP contribution in [0.4, 0.5) is 5.69 Å². The molecule has 0 saturated carbocycles. The molecule has 0 spiro atoms. The van der Waals surface area contributed by atoms with E-state index in [4.69, 9.17) is 0 Å². The molecular formula is C23H27N3O4S. The monoisotopic (exact) mass is 441 g/mol. The topological polar surface area (TPSA) is 78.0 Å². The standard InChI is InChI=1S/C23H27N3O4S/c1-18-17-25(16-15-24(18)14-13-19-5-3-2-4-6-19)31(29,30)21-9-7-20(8-10-21)26-22(27)11-12-23(26)28/h2-10,18H,11-17H2,1H3. The summed E-state index contributed by atoms with van der Waals surface area (Å²) < 4.78 is 27.8. The summed E-state index contributed by atoms with van der Waals surface area (Å²) in [4.78, 5) is 27.4. The fraction of sp³-hybridized carbons (Fsp3) is 0.391. The summed E-state index contributed by atoms with van der Waals surface area (Å²) in [6.07, 6.45) is 1.34. The minimum absolute atomic E-state index is 0.117. The van der Waals surface area contributed by atoms with Gasteiger partial charge in [-0.25, -0.2) is 8.42 Å². The average molecular weight is 442 g/mol. The molecular weight excluding hydrogens is 414 g/mol. The largest absolute Gasteiger partial charge is 0.298 e. The molecule has 2 aromatic rings. The van der Waals surface area contributed by atoms with Crippen LogP contribution in [0.15, 0.2) is 59.5 Å². The van der Waals surface area contributed by atoms with Crippen LogP contribution in [0.5, 0.6) is 0 Å². The molecule has 2 aliphatic heterocycles. The Hall–Kier alpha value is -2.55. The molecule has 164 valence electrons. The highest BCUT2D eigenvalue weighted by molar-refractivity contribution is 7.89. The van der Waals surface area contributed by atoms with Gasteiger partial charge in [-0.1, -0.05) is 30.3 Å². The van der Waals surface area contributed by atoms with Gasteiger partial charge in [-0.15, -0.1) is 0 Å². The fourth-order valence-electron chi connectivity index (χ4n) is 4.21. The molecule has 4 rings (SSSR count). The summed E-state index contributed by atoms with van der Waals surface area (Å²) in [5, 5.41) is 0. The summed E-state index contributed by atoms with van der Waals surface area (Å²) in [6.45, 7) is 4.50. The minimum atomic E-state index is -3.63. The maximum atomic E-state index is 13.1. The van der Waals surface area contributed by atoms with Crippen molar-refractivity contribution in [3.8, 4) is 0 Å². The van der Waals surface area contributed by atoms with Crippen molar-refractivity contribution >= 4 is 27.5 Å². The second kappa shape index (κ2) is 8.90. The highest BCUT2D eigenvalue weighted by Gasteiger charge is 2.33. The fourth-order valence-corrected chi connectivity index (χ4v) is 5.72. The number of benzene rings is 2. The van der Waals surface area contributed by atoms with E-state index in [0.29, 0.717) is 25.3 Å². The van der Waals surface area contributed by atoms with Gasteiger partial charge in [0, 0.05) is 45.1 Å². The summed E-state index contributed by atoms with van der Waals surface area (Å²) in [7, 11) is -3.63. The molecule has 2 aromatic carbocycles. The Labute approximate surface area is 183 Å². The maximum Gasteiger partial charge on any atom is 0.243 e. The Morgan fingerprint density at radius 3 is 2.16 bits per heavy atom. The molecule has 7 nitrogen and oxygen atoms in total. The van der Waals surface area contributed by atoms with E-state index in [1.807, 2.05) is 18.2 Å².